The summed E-state index contributed by atoms with van der Waals surface area (Å²) in [5.74, 6) is 1.07. The van der Waals surface area contributed by atoms with Crippen molar-refractivity contribution in [2.45, 2.75) is 33.7 Å². The Bertz CT molecular complexity index is 636. The number of phenols is 1. The zero-order valence-electron chi connectivity index (χ0n) is 14.3. The van der Waals surface area contributed by atoms with Crippen molar-refractivity contribution >= 4 is 41.3 Å². The van der Waals surface area contributed by atoms with Gasteiger partial charge in [-0.15, -0.1) is 35.3 Å². The van der Waals surface area contributed by atoms with Crippen LogP contribution in [0.4, 0.5) is 0 Å². The number of aliphatic imine (C=N–C) groups is 1. The minimum atomic E-state index is 0. The van der Waals surface area contributed by atoms with Gasteiger partial charge in [-0.25, -0.2) is 9.98 Å². The number of nitrogens with one attached hydrogen (secondary N) is 2. The fourth-order valence-corrected chi connectivity index (χ4v) is 2.98. The molecule has 2 aromatic rings. The molecule has 1 aromatic heterocycles. The van der Waals surface area contributed by atoms with E-state index in [0.29, 0.717) is 6.54 Å². The first kappa shape index (κ1) is 20.7. The van der Waals surface area contributed by atoms with Crippen molar-refractivity contribution in [3.63, 3.8) is 0 Å². The van der Waals surface area contributed by atoms with E-state index in [-0.39, 0.29) is 29.7 Å². The summed E-state index contributed by atoms with van der Waals surface area (Å²) < 4.78 is 0. The fraction of sp³-hybridized carbons (Fsp3) is 0.412. The number of benzene rings is 1. The quantitative estimate of drug-likeness (QED) is 0.351. The molecule has 0 spiro atoms. The summed E-state index contributed by atoms with van der Waals surface area (Å²) >= 11 is 1.76. The summed E-state index contributed by atoms with van der Waals surface area (Å²) in [5, 5.41) is 17.0. The van der Waals surface area contributed by atoms with E-state index in [1.165, 1.54) is 4.88 Å². The van der Waals surface area contributed by atoms with Crippen molar-refractivity contribution in [2.24, 2.45) is 4.99 Å². The largest absolute Gasteiger partial charge is 0.508 e. The number of thiazole rings is 1. The van der Waals surface area contributed by atoms with E-state index < -0.39 is 0 Å². The van der Waals surface area contributed by atoms with Crippen LogP contribution in [0.5, 0.6) is 5.75 Å². The van der Waals surface area contributed by atoms with Crippen molar-refractivity contribution in [3.05, 3.63) is 45.4 Å². The Balaban J connectivity index is 0.00000288. The van der Waals surface area contributed by atoms with Crippen LogP contribution in [0.15, 0.2) is 29.3 Å². The molecule has 24 heavy (non-hydrogen) atoms. The van der Waals surface area contributed by atoms with E-state index in [1.807, 2.05) is 26.0 Å². The number of nitrogens with zero attached hydrogens (tertiary/aromatic N) is 2. The highest BCUT2D eigenvalue weighted by atomic mass is 127. The van der Waals surface area contributed by atoms with Gasteiger partial charge in [0.1, 0.15) is 5.75 Å². The normalized spacial score (nSPS) is 11.0. The van der Waals surface area contributed by atoms with Crippen LogP contribution in [-0.2, 0) is 13.0 Å². The van der Waals surface area contributed by atoms with Crippen LogP contribution in [0.25, 0.3) is 0 Å². The van der Waals surface area contributed by atoms with E-state index in [0.717, 1.165) is 41.7 Å². The SMILES string of the molecule is CCNC(=NCc1ccc(O)cc1)NCCc1nc(C)c(C)s1.I. The molecule has 0 aliphatic carbocycles. The molecule has 0 atom stereocenters. The van der Waals surface area contributed by atoms with E-state index in [9.17, 15) is 5.11 Å². The smallest absolute Gasteiger partial charge is 0.191 e. The van der Waals surface area contributed by atoms with Gasteiger partial charge < -0.3 is 15.7 Å². The maximum atomic E-state index is 9.30. The number of aromatic hydroxyl groups is 1. The summed E-state index contributed by atoms with van der Waals surface area (Å²) in [7, 11) is 0. The number of guanidine groups is 1. The lowest BCUT2D eigenvalue weighted by atomic mass is 10.2. The van der Waals surface area contributed by atoms with E-state index >= 15 is 0 Å². The van der Waals surface area contributed by atoms with Gasteiger partial charge in [-0.1, -0.05) is 12.1 Å². The molecule has 1 aromatic carbocycles. The lowest BCUT2D eigenvalue weighted by Crippen LogP contribution is -2.38. The highest BCUT2D eigenvalue weighted by Crippen LogP contribution is 2.16. The van der Waals surface area contributed by atoms with Crippen LogP contribution in [0, 0.1) is 13.8 Å². The molecule has 0 saturated heterocycles. The van der Waals surface area contributed by atoms with Crippen LogP contribution in [-0.4, -0.2) is 29.1 Å². The summed E-state index contributed by atoms with van der Waals surface area (Å²) in [6, 6.07) is 7.11. The highest BCUT2D eigenvalue weighted by Gasteiger charge is 2.04. The molecule has 7 heteroatoms. The number of rotatable bonds is 6. The van der Waals surface area contributed by atoms with E-state index in [2.05, 4.69) is 27.5 Å². The van der Waals surface area contributed by atoms with Gasteiger partial charge in [-0.05, 0) is 38.5 Å². The summed E-state index contributed by atoms with van der Waals surface area (Å²) in [6.45, 7) is 8.39. The number of hydrogen-bond donors (Lipinski definition) is 3. The third-order valence-electron chi connectivity index (χ3n) is 3.40. The fourth-order valence-electron chi connectivity index (χ4n) is 2.05. The van der Waals surface area contributed by atoms with Crippen molar-refractivity contribution in [2.75, 3.05) is 13.1 Å². The van der Waals surface area contributed by atoms with Gasteiger partial charge in [0.25, 0.3) is 0 Å². The van der Waals surface area contributed by atoms with Gasteiger partial charge >= 0.3 is 0 Å². The summed E-state index contributed by atoms with van der Waals surface area (Å²) in [4.78, 5) is 10.4. The third kappa shape index (κ3) is 6.64. The molecule has 132 valence electrons. The number of phenolic OH excluding ortho intramolecular Hbond substituents is 1. The Morgan fingerprint density at radius 3 is 2.50 bits per heavy atom. The number of halogens is 1. The second kappa shape index (κ2) is 10.5. The maximum Gasteiger partial charge on any atom is 0.191 e. The van der Waals surface area contributed by atoms with Crippen molar-refractivity contribution in [3.8, 4) is 5.75 Å². The molecule has 2 rings (SSSR count). The van der Waals surface area contributed by atoms with Gasteiger partial charge in [0, 0.05) is 24.4 Å². The molecule has 0 amide bonds. The average Bonchev–Trinajstić information content (AvgIpc) is 2.85. The molecule has 3 N–H and O–H groups in total. The van der Waals surface area contributed by atoms with Crippen molar-refractivity contribution < 1.29 is 5.11 Å². The second-order valence-corrected chi connectivity index (χ2v) is 6.58. The summed E-state index contributed by atoms with van der Waals surface area (Å²) in [6.07, 6.45) is 0.892. The molecule has 0 saturated carbocycles. The molecule has 1 heterocycles. The lowest BCUT2D eigenvalue weighted by molar-refractivity contribution is 0.475. The molecular formula is C17H25IN4OS. The summed E-state index contributed by atoms with van der Waals surface area (Å²) in [5.41, 5.74) is 2.18. The molecule has 0 unspecified atom stereocenters. The molecular weight excluding hydrogens is 435 g/mol. The maximum absolute atomic E-state index is 9.30. The molecule has 0 fully saturated rings. The van der Waals surface area contributed by atoms with Crippen LogP contribution in [0.1, 0.15) is 28.1 Å². The minimum Gasteiger partial charge on any atom is -0.508 e. The van der Waals surface area contributed by atoms with Crippen LogP contribution < -0.4 is 10.6 Å². The Morgan fingerprint density at radius 2 is 1.92 bits per heavy atom. The third-order valence-corrected chi connectivity index (χ3v) is 4.54. The number of hydrogen-bond acceptors (Lipinski definition) is 4. The van der Waals surface area contributed by atoms with Gasteiger partial charge in [-0.3, -0.25) is 0 Å². The molecule has 0 bridgehead atoms. The highest BCUT2D eigenvalue weighted by molar-refractivity contribution is 14.0. The first-order chi connectivity index (χ1) is 11.1. The van der Waals surface area contributed by atoms with Crippen molar-refractivity contribution in [1.82, 2.24) is 15.6 Å². The average molecular weight is 460 g/mol. The zero-order chi connectivity index (χ0) is 16.7. The Kier molecular flexibility index (Phi) is 9.05. The standard InChI is InChI=1S/C17H24N4OS.HI/c1-4-18-17(20-11-14-5-7-15(22)8-6-14)19-10-9-16-21-12(2)13(3)23-16;/h5-8,22H,4,9-11H2,1-3H3,(H2,18,19,20);1H. The first-order valence-electron chi connectivity index (χ1n) is 7.81. The van der Waals surface area contributed by atoms with Gasteiger partial charge in [0.2, 0.25) is 0 Å². The lowest BCUT2D eigenvalue weighted by Gasteiger charge is -2.10. The van der Waals surface area contributed by atoms with Crippen LogP contribution in [0.2, 0.25) is 0 Å². The van der Waals surface area contributed by atoms with E-state index in [1.54, 1.807) is 23.5 Å². The van der Waals surface area contributed by atoms with Gasteiger partial charge in [0.15, 0.2) is 5.96 Å². The Labute approximate surface area is 164 Å². The first-order valence-corrected chi connectivity index (χ1v) is 8.63. The van der Waals surface area contributed by atoms with Gasteiger partial charge in [0.05, 0.1) is 17.2 Å². The predicted molar refractivity (Wildman–Crippen MR) is 112 cm³/mol. The van der Waals surface area contributed by atoms with Crippen LogP contribution >= 0.6 is 35.3 Å². The monoisotopic (exact) mass is 460 g/mol. The second-order valence-electron chi connectivity index (χ2n) is 5.29. The Morgan fingerprint density at radius 1 is 1.21 bits per heavy atom. The topological polar surface area (TPSA) is 69.5 Å². The molecule has 5 nitrogen and oxygen atoms in total. The zero-order valence-corrected chi connectivity index (χ0v) is 17.4. The number of aryl methyl sites for hydroxylation is 2. The van der Waals surface area contributed by atoms with E-state index in [4.69, 9.17) is 0 Å². The number of aromatic nitrogens is 1. The Hall–Kier alpha value is -1.35. The predicted octanol–water partition coefficient (Wildman–Crippen LogP) is 3.38. The van der Waals surface area contributed by atoms with Crippen LogP contribution in [0.3, 0.4) is 0 Å². The molecule has 0 aliphatic heterocycles. The van der Waals surface area contributed by atoms with Crippen molar-refractivity contribution in [1.29, 1.82) is 0 Å². The molecule has 0 radical (unpaired) electrons. The minimum absolute atomic E-state index is 0. The molecule has 0 aliphatic rings. The van der Waals surface area contributed by atoms with Gasteiger partial charge in [-0.2, -0.15) is 0 Å².